The quantitative estimate of drug-likeness (QED) is 0.870. The van der Waals surface area contributed by atoms with Crippen molar-refractivity contribution in [1.29, 1.82) is 0 Å². The second-order valence-electron chi connectivity index (χ2n) is 5.97. The van der Waals surface area contributed by atoms with Gasteiger partial charge in [-0.3, -0.25) is 14.4 Å². The molecule has 1 aliphatic rings. The Morgan fingerprint density at radius 3 is 2.32 bits per heavy atom. The summed E-state index contributed by atoms with van der Waals surface area (Å²) in [5.74, 6) is -2.75. The molecule has 2 unspecified atom stereocenters. The van der Waals surface area contributed by atoms with Gasteiger partial charge >= 0.3 is 5.97 Å². The fourth-order valence-corrected chi connectivity index (χ4v) is 3.36. The molecule has 1 heterocycles. The normalized spacial score (nSPS) is 19.4. The maximum absolute atomic E-state index is 13.0. The van der Waals surface area contributed by atoms with E-state index in [9.17, 15) is 19.5 Å². The zero-order chi connectivity index (χ0) is 18.0. The first-order chi connectivity index (χ1) is 12.0. The van der Waals surface area contributed by atoms with Crippen molar-refractivity contribution in [2.75, 3.05) is 6.54 Å². The van der Waals surface area contributed by atoms with Crippen LogP contribution in [0.3, 0.4) is 0 Å². The molecule has 2 atom stereocenters. The molecule has 6 heteroatoms. The predicted octanol–water partition coefficient (Wildman–Crippen LogP) is 1.93. The average molecular weight is 338 g/mol. The Hall–Kier alpha value is -3.15. The van der Waals surface area contributed by atoms with Gasteiger partial charge in [0.15, 0.2) is 0 Å². The second-order valence-corrected chi connectivity index (χ2v) is 5.97. The average Bonchev–Trinajstić information content (AvgIpc) is 2.61. The molecule has 0 saturated heterocycles. The van der Waals surface area contributed by atoms with Crippen molar-refractivity contribution in [3.63, 3.8) is 0 Å². The van der Waals surface area contributed by atoms with Crippen LogP contribution < -0.4 is 5.73 Å². The third-order valence-corrected chi connectivity index (χ3v) is 4.44. The Labute approximate surface area is 144 Å². The second kappa shape index (κ2) is 6.76. The molecule has 0 aromatic heterocycles. The van der Waals surface area contributed by atoms with E-state index in [2.05, 4.69) is 0 Å². The van der Waals surface area contributed by atoms with Crippen LogP contribution in [0, 0.1) is 0 Å². The Balaban J connectivity index is 2.16. The van der Waals surface area contributed by atoms with E-state index in [1.54, 1.807) is 48.5 Å². The third kappa shape index (κ3) is 3.10. The number of nitrogens with two attached hydrogens (primary N) is 1. The third-order valence-electron chi connectivity index (χ3n) is 4.44. The summed E-state index contributed by atoms with van der Waals surface area (Å²) >= 11 is 0. The summed E-state index contributed by atoms with van der Waals surface area (Å²) in [7, 11) is 0. The van der Waals surface area contributed by atoms with Gasteiger partial charge < -0.3 is 15.7 Å². The van der Waals surface area contributed by atoms with Crippen LogP contribution in [-0.2, 0) is 9.59 Å². The van der Waals surface area contributed by atoms with Crippen molar-refractivity contribution in [2.45, 2.75) is 18.4 Å². The summed E-state index contributed by atoms with van der Waals surface area (Å²) in [6.45, 7) is 0.0752. The molecule has 0 radical (unpaired) electrons. The van der Waals surface area contributed by atoms with Crippen molar-refractivity contribution in [3.05, 3.63) is 71.3 Å². The molecule has 128 valence electrons. The molecule has 2 amide bonds. The van der Waals surface area contributed by atoms with E-state index in [1.165, 1.54) is 4.90 Å². The van der Waals surface area contributed by atoms with E-state index >= 15 is 0 Å². The van der Waals surface area contributed by atoms with Crippen molar-refractivity contribution in [2.24, 2.45) is 5.73 Å². The first-order valence-electron chi connectivity index (χ1n) is 7.96. The number of carboxylic acids is 1. The largest absolute Gasteiger partial charge is 0.481 e. The molecule has 6 nitrogen and oxygen atoms in total. The zero-order valence-corrected chi connectivity index (χ0v) is 13.5. The minimum atomic E-state index is -1.02. The smallest absolute Gasteiger partial charge is 0.313 e. The molecule has 0 aliphatic carbocycles. The maximum atomic E-state index is 13.0. The fourth-order valence-electron chi connectivity index (χ4n) is 3.36. The number of hydrogen-bond donors (Lipinski definition) is 2. The van der Waals surface area contributed by atoms with E-state index in [-0.39, 0.29) is 18.9 Å². The number of primary amides is 1. The van der Waals surface area contributed by atoms with E-state index < -0.39 is 23.8 Å². The number of amides is 2. The zero-order valence-electron chi connectivity index (χ0n) is 13.5. The topological polar surface area (TPSA) is 101 Å². The molecule has 0 bridgehead atoms. The summed E-state index contributed by atoms with van der Waals surface area (Å²) in [4.78, 5) is 37.7. The Morgan fingerprint density at radius 2 is 1.68 bits per heavy atom. The summed E-state index contributed by atoms with van der Waals surface area (Å²) in [6, 6.07) is 15.0. The van der Waals surface area contributed by atoms with Crippen LogP contribution in [0.15, 0.2) is 54.6 Å². The fraction of sp³-hybridized carbons (Fsp3) is 0.211. The van der Waals surface area contributed by atoms with Crippen LogP contribution in [0.25, 0.3) is 0 Å². The van der Waals surface area contributed by atoms with Gasteiger partial charge in [0.05, 0.1) is 6.04 Å². The van der Waals surface area contributed by atoms with E-state index in [0.717, 1.165) is 0 Å². The number of hydrogen-bond acceptors (Lipinski definition) is 3. The van der Waals surface area contributed by atoms with Crippen LogP contribution in [0.2, 0.25) is 0 Å². The standard InChI is InChI=1S/C19H18N2O4/c20-15(22)10-11-21-17(12-6-2-1-3-7-12)16(19(24)25)13-8-4-5-9-14(13)18(21)23/h1-9,16-17H,10-11H2,(H2,20,22)(H,24,25). The number of benzene rings is 2. The molecule has 3 rings (SSSR count). The van der Waals surface area contributed by atoms with Crippen molar-refractivity contribution in [3.8, 4) is 0 Å². The Morgan fingerprint density at radius 1 is 1.04 bits per heavy atom. The van der Waals surface area contributed by atoms with Gasteiger partial charge in [-0.15, -0.1) is 0 Å². The van der Waals surface area contributed by atoms with Gasteiger partial charge in [-0.05, 0) is 17.2 Å². The van der Waals surface area contributed by atoms with Gasteiger partial charge in [0.2, 0.25) is 5.91 Å². The van der Waals surface area contributed by atoms with Gasteiger partial charge in [-0.25, -0.2) is 0 Å². The summed E-state index contributed by atoms with van der Waals surface area (Å²) < 4.78 is 0. The molecule has 2 aromatic carbocycles. The minimum absolute atomic E-state index is 0.0242. The van der Waals surface area contributed by atoms with Crippen molar-refractivity contribution < 1.29 is 19.5 Å². The van der Waals surface area contributed by atoms with Crippen molar-refractivity contribution >= 4 is 17.8 Å². The van der Waals surface area contributed by atoms with Crippen LogP contribution in [0.1, 0.15) is 39.9 Å². The number of nitrogens with zero attached hydrogens (tertiary/aromatic N) is 1. The SMILES string of the molecule is NC(=O)CCN1C(=O)c2ccccc2C(C(=O)O)C1c1ccccc1. The number of rotatable bonds is 5. The van der Waals surface area contributed by atoms with Gasteiger partial charge in [0.25, 0.3) is 5.91 Å². The van der Waals surface area contributed by atoms with Crippen LogP contribution >= 0.6 is 0 Å². The van der Waals surface area contributed by atoms with Gasteiger partial charge in [-0.1, -0.05) is 48.5 Å². The molecule has 2 aromatic rings. The molecular weight excluding hydrogens is 320 g/mol. The lowest BCUT2D eigenvalue weighted by molar-refractivity contribution is -0.140. The minimum Gasteiger partial charge on any atom is -0.481 e. The van der Waals surface area contributed by atoms with Crippen molar-refractivity contribution in [1.82, 2.24) is 4.90 Å². The number of carboxylic acid groups (broad SMARTS) is 1. The van der Waals surface area contributed by atoms with Gasteiger partial charge in [-0.2, -0.15) is 0 Å². The first-order valence-corrected chi connectivity index (χ1v) is 7.96. The Kier molecular flexibility index (Phi) is 4.52. The van der Waals surface area contributed by atoms with E-state index in [4.69, 9.17) is 5.73 Å². The summed E-state index contributed by atoms with van der Waals surface area (Å²) in [5.41, 5.74) is 6.79. The van der Waals surface area contributed by atoms with Gasteiger partial charge in [0.1, 0.15) is 5.92 Å². The molecule has 0 spiro atoms. The molecule has 1 aliphatic heterocycles. The molecule has 0 fully saturated rings. The summed E-state index contributed by atoms with van der Waals surface area (Å²) in [6.07, 6.45) is -0.0242. The first kappa shape index (κ1) is 16.7. The highest BCUT2D eigenvalue weighted by Gasteiger charge is 2.43. The predicted molar refractivity (Wildman–Crippen MR) is 90.8 cm³/mol. The lowest BCUT2D eigenvalue weighted by Gasteiger charge is -2.40. The highest BCUT2D eigenvalue weighted by Crippen LogP contribution is 2.42. The number of carbonyl (C=O) groups excluding carboxylic acids is 2. The molecule has 3 N–H and O–H groups in total. The van der Waals surface area contributed by atoms with Crippen LogP contribution in [0.4, 0.5) is 0 Å². The molecule has 25 heavy (non-hydrogen) atoms. The van der Waals surface area contributed by atoms with E-state index in [1.807, 2.05) is 6.07 Å². The lowest BCUT2D eigenvalue weighted by atomic mass is 9.79. The van der Waals surface area contributed by atoms with E-state index in [0.29, 0.717) is 16.7 Å². The summed E-state index contributed by atoms with van der Waals surface area (Å²) in [5, 5.41) is 9.87. The monoisotopic (exact) mass is 338 g/mol. The Bertz CT molecular complexity index is 819. The number of aliphatic carboxylic acids is 1. The molecular formula is C19H18N2O4. The van der Waals surface area contributed by atoms with Gasteiger partial charge in [0, 0.05) is 18.5 Å². The highest BCUT2D eigenvalue weighted by atomic mass is 16.4. The number of carbonyl (C=O) groups is 3. The maximum Gasteiger partial charge on any atom is 0.313 e. The van der Waals surface area contributed by atoms with Crippen LogP contribution in [0.5, 0.6) is 0 Å². The highest BCUT2D eigenvalue weighted by molar-refractivity contribution is 6.00. The van der Waals surface area contributed by atoms with Crippen LogP contribution in [-0.4, -0.2) is 34.3 Å². The lowest BCUT2D eigenvalue weighted by Crippen LogP contribution is -2.46. The number of fused-ring (bicyclic) bond motifs is 1. The molecule has 0 saturated carbocycles.